The summed E-state index contributed by atoms with van der Waals surface area (Å²) in [6.45, 7) is 4.22. The van der Waals surface area contributed by atoms with Crippen LogP contribution in [0.3, 0.4) is 0 Å². The zero-order valence-corrected chi connectivity index (χ0v) is 11.8. The van der Waals surface area contributed by atoms with Gasteiger partial charge in [-0.1, -0.05) is 18.2 Å². The summed E-state index contributed by atoms with van der Waals surface area (Å²) in [5.41, 5.74) is 6.19. The molecule has 0 fully saturated rings. The number of hydrogen-bond donors (Lipinski definition) is 0. The number of aryl methyl sites for hydroxylation is 2. The molecule has 2 aromatic carbocycles. The Labute approximate surface area is 118 Å². The van der Waals surface area contributed by atoms with Gasteiger partial charge in [0.05, 0.1) is 22.7 Å². The van der Waals surface area contributed by atoms with Crippen molar-refractivity contribution in [2.24, 2.45) is 7.05 Å². The van der Waals surface area contributed by atoms with Gasteiger partial charge in [0.1, 0.15) is 5.82 Å². The van der Waals surface area contributed by atoms with Crippen molar-refractivity contribution in [2.75, 3.05) is 0 Å². The monoisotopic (exact) mass is 261 g/mol. The second-order valence-corrected chi connectivity index (χ2v) is 5.06. The maximum atomic E-state index is 8.99. The topological polar surface area (TPSA) is 41.6 Å². The van der Waals surface area contributed by atoms with Crippen molar-refractivity contribution in [3.8, 4) is 17.5 Å². The number of benzene rings is 2. The van der Waals surface area contributed by atoms with E-state index in [-0.39, 0.29) is 0 Å². The Kier molecular flexibility index (Phi) is 2.80. The number of nitrogens with zero attached hydrogens (tertiary/aromatic N) is 3. The zero-order valence-electron chi connectivity index (χ0n) is 11.8. The largest absolute Gasteiger partial charge is 0.327 e. The lowest BCUT2D eigenvalue weighted by molar-refractivity contribution is 0.956. The Balaban J connectivity index is 2.30. The van der Waals surface area contributed by atoms with Crippen molar-refractivity contribution in [3.63, 3.8) is 0 Å². The fourth-order valence-electron chi connectivity index (χ4n) is 2.50. The molecule has 3 heteroatoms. The highest BCUT2D eigenvalue weighted by atomic mass is 15.1. The number of rotatable bonds is 1. The molecule has 3 nitrogen and oxygen atoms in total. The fraction of sp³-hybridized carbons (Fsp3) is 0.176. The molecule has 0 spiro atoms. The van der Waals surface area contributed by atoms with Gasteiger partial charge in [0.2, 0.25) is 0 Å². The van der Waals surface area contributed by atoms with Gasteiger partial charge in [0, 0.05) is 12.6 Å². The molecular formula is C17H15N3. The van der Waals surface area contributed by atoms with E-state index in [4.69, 9.17) is 10.2 Å². The van der Waals surface area contributed by atoms with Gasteiger partial charge in [-0.15, -0.1) is 0 Å². The van der Waals surface area contributed by atoms with Gasteiger partial charge in [-0.3, -0.25) is 0 Å². The van der Waals surface area contributed by atoms with E-state index >= 15 is 0 Å². The van der Waals surface area contributed by atoms with Crippen molar-refractivity contribution in [2.45, 2.75) is 13.8 Å². The van der Waals surface area contributed by atoms with E-state index in [0.717, 1.165) is 22.4 Å². The molecule has 0 aliphatic carbocycles. The first-order valence-electron chi connectivity index (χ1n) is 6.55. The number of hydrogen-bond acceptors (Lipinski definition) is 2. The molecule has 0 amide bonds. The van der Waals surface area contributed by atoms with Crippen molar-refractivity contribution >= 4 is 11.0 Å². The van der Waals surface area contributed by atoms with Crippen molar-refractivity contribution in [3.05, 3.63) is 53.1 Å². The predicted molar refractivity (Wildman–Crippen MR) is 80.3 cm³/mol. The Hall–Kier alpha value is -2.60. The first kappa shape index (κ1) is 12.4. The molecule has 0 unspecified atom stereocenters. The maximum absolute atomic E-state index is 8.99. The third-order valence-corrected chi connectivity index (χ3v) is 3.86. The molecule has 0 saturated heterocycles. The predicted octanol–water partition coefficient (Wildman–Crippen LogP) is 3.73. The third kappa shape index (κ3) is 1.78. The standard InChI is InChI=1S/C17H15N3/c1-11-5-4-6-14(12(11)2)17-19-15-9-13(10-18)7-8-16(15)20(17)3/h4-9H,1-3H3. The lowest BCUT2D eigenvalue weighted by Gasteiger charge is -2.08. The summed E-state index contributed by atoms with van der Waals surface area (Å²) in [5, 5.41) is 8.99. The van der Waals surface area contributed by atoms with E-state index in [0.29, 0.717) is 5.56 Å². The first-order chi connectivity index (χ1) is 9.61. The molecule has 98 valence electrons. The van der Waals surface area contributed by atoms with Gasteiger partial charge in [-0.25, -0.2) is 4.98 Å². The molecule has 0 aliphatic heterocycles. The van der Waals surface area contributed by atoms with E-state index in [1.54, 1.807) is 0 Å². The summed E-state index contributed by atoms with van der Waals surface area (Å²) in [7, 11) is 2.01. The maximum Gasteiger partial charge on any atom is 0.141 e. The van der Waals surface area contributed by atoms with Crippen LogP contribution in [0.25, 0.3) is 22.4 Å². The van der Waals surface area contributed by atoms with Gasteiger partial charge in [-0.2, -0.15) is 5.26 Å². The molecule has 3 rings (SSSR count). The number of aromatic nitrogens is 2. The van der Waals surface area contributed by atoms with E-state index in [1.807, 2.05) is 25.2 Å². The Morgan fingerprint density at radius 3 is 2.70 bits per heavy atom. The Morgan fingerprint density at radius 2 is 1.95 bits per heavy atom. The van der Waals surface area contributed by atoms with Crippen LogP contribution in [0.2, 0.25) is 0 Å². The molecule has 0 radical (unpaired) electrons. The molecule has 0 atom stereocenters. The Morgan fingerprint density at radius 1 is 1.15 bits per heavy atom. The number of fused-ring (bicyclic) bond motifs is 1. The normalized spacial score (nSPS) is 10.7. The smallest absolute Gasteiger partial charge is 0.141 e. The van der Waals surface area contributed by atoms with Crippen LogP contribution in [0.15, 0.2) is 36.4 Å². The van der Waals surface area contributed by atoms with E-state index < -0.39 is 0 Å². The molecule has 1 aromatic heterocycles. The van der Waals surface area contributed by atoms with Crippen molar-refractivity contribution in [1.82, 2.24) is 9.55 Å². The SMILES string of the molecule is Cc1cccc(-c2nc3cc(C#N)ccc3n2C)c1C. The highest BCUT2D eigenvalue weighted by molar-refractivity contribution is 5.82. The van der Waals surface area contributed by atoms with Crippen LogP contribution in [-0.2, 0) is 7.05 Å². The minimum Gasteiger partial charge on any atom is -0.327 e. The van der Waals surface area contributed by atoms with Gasteiger partial charge < -0.3 is 4.57 Å². The highest BCUT2D eigenvalue weighted by Gasteiger charge is 2.12. The van der Waals surface area contributed by atoms with Gasteiger partial charge >= 0.3 is 0 Å². The second-order valence-electron chi connectivity index (χ2n) is 5.06. The first-order valence-corrected chi connectivity index (χ1v) is 6.55. The van der Waals surface area contributed by atoms with Gasteiger partial charge in [-0.05, 0) is 43.2 Å². The lowest BCUT2D eigenvalue weighted by Crippen LogP contribution is -1.95. The minimum atomic E-state index is 0.642. The van der Waals surface area contributed by atoms with Gasteiger partial charge in [0.15, 0.2) is 0 Å². The van der Waals surface area contributed by atoms with Crippen LogP contribution in [0.5, 0.6) is 0 Å². The van der Waals surface area contributed by atoms with Crippen LogP contribution in [-0.4, -0.2) is 9.55 Å². The second kappa shape index (κ2) is 4.50. The fourth-order valence-corrected chi connectivity index (χ4v) is 2.50. The molecule has 1 heterocycles. The molecule has 3 aromatic rings. The zero-order chi connectivity index (χ0) is 14.3. The van der Waals surface area contributed by atoms with Crippen LogP contribution >= 0.6 is 0 Å². The van der Waals surface area contributed by atoms with Crippen molar-refractivity contribution < 1.29 is 0 Å². The van der Waals surface area contributed by atoms with E-state index in [2.05, 4.69) is 42.7 Å². The number of nitriles is 1. The van der Waals surface area contributed by atoms with Crippen LogP contribution in [0.4, 0.5) is 0 Å². The van der Waals surface area contributed by atoms with Crippen molar-refractivity contribution in [1.29, 1.82) is 5.26 Å². The highest BCUT2D eigenvalue weighted by Crippen LogP contribution is 2.28. The Bertz CT molecular complexity index is 851. The average molecular weight is 261 g/mol. The molecule has 0 bridgehead atoms. The summed E-state index contributed by atoms with van der Waals surface area (Å²) >= 11 is 0. The van der Waals surface area contributed by atoms with Crippen LogP contribution in [0.1, 0.15) is 16.7 Å². The van der Waals surface area contributed by atoms with Crippen LogP contribution < -0.4 is 0 Å². The summed E-state index contributed by atoms with van der Waals surface area (Å²) < 4.78 is 2.08. The minimum absolute atomic E-state index is 0.642. The third-order valence-electron chi connectivity index (χ3n) is 3.86. The lowest BCUT2D eigenvalue weighted by atomic mass is 10.0. The number of imidazole rings is 1. The summed E-state index contributed by atoms with van der Waals surface area (Å²) in [5.74, 6) is 0.941. The molecule has 0 aliphatic rings. The molecular weight excluding hydrogens is 246 g/mol. The van der Waals surface area contributed by atoms with Gasteiger partial charge in [0.25, 0.3) is 0 Å². The quantitative estimate of drug-likeness (QED) is 0.669. The van der Waals surface area contributed by atoms with Crippen LogP contribution in [0, 0.1) is 25.2 Å². The summed E-state index contributed by atoms with van der Waals surface area (Å²) in [6.07, 6.45) is 0. The van der Waals surface area contributed by atoms with E-state index in [9.17, 15) is 0 Å². The van der Waals surface area contributed by atoms with E-state index in [1.165, 1.54) is 11.1 Å². The summed E-state index contributed by atoms with van der Waals surface area (Å²) in [6, 6.07) is 14.0. The average Bonchev–Trinajstić information content (AvgIpc) is 2.78. The molecule has 20 heavy (non-hydrogen) atoms. The summed E-state index contributed by atoms with van der Waals surface area (Å²) in [4.78, 5) is 4.70. The molecule has 0 N–H and O–H groups in total. The molecule has 0 saturated carbocycles.